The van der Waals surface area contributed by atoms with Gasteiger partial charge in [0.15, 0.2) is 0 Å². The smallest absolute Gasteiger partial charge is 0.241 e. The largest absolute Gasteiger partial charge is 0.367 e. The molecular weight excluding hydrogens is 318 g/mol. The molecule has 0 unspecified atom stereocenters. The van der Waals surface area contributed by atoms with E-state index in [1.165, 1.54) is 6.08 Å². The number of amides is 2. The summed E-state index contributed by atoms with van der Waals surface area (Å²) in [5, 5.41) is 0.940. The minimum Gasteiger partial charge on any atom is -0.367 e. The van der Waals surface area contributed by atoms with Gasteiger partial charge in [0, 0.05) is 55.3 Å². The van der Waals surface area contributed by atoms with Crippen LogP contribution in [-0.2, 0) is 9.59 Å². The van der Waals surface area contributed by atoms with Crippen molar-refractivity contribution in [2.75, 3.05) is 31.1 Å². The fraction of sp³-hybridized carbons (Fsp3) is 0.389. The summed E-state index contributed by atoms with van der Waals surface area (Å²) < 4.78 is 0. The minimum atomic E-state index is -0.482. The monoisotopic (exact) mass is 341 g/mol. The zero-order chi connectivity index (χ0) is 18.0. The molecule has 0 spiro atoms. The Morgan fingerprint density at radius 2 is 2.00 bits per heavy atom. The molecular formula is C18H23N5O2. The molecule has 0 aromatic carbocycles. The molecule has 3 heterocycles. The van der Waals surface area contributed by atoms with Crippen LogP contribution < -0.4 is 10.6 Å². The van der Waals surface area contributed by atoms with Gasteiger partial charge in [-0.1, -0.05) is 13.8 Å². The molecule has 0 atom stereocenters. The van der Waals surface area contributed by atoms with E-state index in [4.69, 9.17) is 5.73 Å². The van der Waals surface area contributed by atoms with E-state index in [-0.39, 0.29) is 11.8 Å². The fourth-order valence-corrected chi connectivity index (χ4v) is 3.05. The average molecular weight is 341 g/mol. The second kappa shape index (κ2) is 6.96. The molecule has 2 amide bonds. The molecule has 0 aliphatic carbocycles. The molecule has 2 aromatic rings. The highest BCUT2D eigenvalue weighted by molar-refractivity contribution is 5.95. The van der Waals surface area contributed by atoms with Gasteiger partial charge in [0.25, 0.3) is 0 Å². The number of nitrogens with zero attached hydrogens (tertiary/aromatic N) is 3. The van der Waals surface area contributed by atoms with Gasteiger partial charge in [-0.3, -0.25) is 9.59 Å². The lowest BCUT2D eigenvalue weighted by atomic mass is 10.1. The number of rotatable bonds is 4. The highest BCUT2D eigenvalue weighted by atomic mass is 16.2. The quantitative estimate of drug-likeness (QED) is 0.821. The summed E-state index contributed by atoms with van der Waals surface area (Å²) in [6, 6.07) is 2.05. The molecule has 3 rings (SSSR count). The van der Waals surface area contributed by atoms with Crippen molar-refractivity contribution in [1.82, 2.24) is 14.9 Å². The van der Waals surface area contributed by atoms with Crippen LogP contribution in [0.2, 0.25) is 0 Å². The maximum atomic E-state index is 12.1. The zero-order valence-electron chi connectivity index (χ0n) is 14.5. The Morgan fingerprint density at radius 3 is 2.64 bits per heavy atom. The first kappa shape index (κ1) is 17.0. The van der Waals surface area contributed by atoms with Gasteiger partial charge < -0.3 is 20.5 Å². The summed E-state index contributed by atoms with van der Waals surface area (Å²) in [6.07, 6.45) is 6.66. The summed E-state index contributed by atoms with van der Waals surface area (Å²) in [5.41, 5.74) is 7.82. The molecule has 1 saturated heterocycles. The molecule has 25 heavy (non-hydrogen) atoms. The number of pyridine rings is 1. The number of anilines is 1. The predicted molar refractivity (Wildman–Crippen MR) is 98.0 cm³/mol. The van der Waals surface area contributed by atoms with Crippen LogP contribution in [0.4, 0.5) is 5.69 Å². The van der Waals surface area contributed by atoms with Crippen molar-refractivity contribution < 1.29 is 9.59 Å². The lowest BCUT2D eigenvalue weighted by molar-refractivity contribution is -0.134. The van der Waals surface area contributed by atoms with Crippen molar-refractivity contribution in [2.24, 2.45) is 11.7 Å². The van der Waals surface area contributed by atoms with E-state index >= 15 is 0 Å². The molecule has 1 fully saturated rings. The summed E-state index contributed by atoms with van der Waals surface area (Å²) >= 11 is 0. The Labute approximate surface area is 146 Å². The summed E-state index contributed by atoms with van der Waals surface area (Å²) in [5.74, 6) is -0.244. The molecule has 1 aliphatic heterocycles. The van der Waals surface area contributed by atoms with Gasteiger partial charge in [0.2, 0.25) is 11.8 Å². The van der Waals surface area contributed by atoms with Gasteiger partial charge in [-0.15, -0.1) is 0 Å². The van der Waals surface area contributed by atoms with E-state index in [2.05, 4.69) is 20.9 Å². The number of fused-ring (bicyclic) bond motifs is 1. The molecule has 2 aromatic heterocycles. The number of aromatic amines is 1. The maximum Gasteiger partial charge on any atom is 0.241 e. The molecule has 7 heteroatoms. The van der Waals surface area contributed by atoms with Crippen LogP contribution >= 0.6 is 0 Å². The number of H-pyrrole nitrogens is 1. The van der Waals surface area contributed by atoms with E-state index in [1.807, 2.05) is 24.9 Å². The van der Waals surface area contributed by atoms with Crippen LogP contribution in [0.15, 0.2) is 24.5 Å². The summed E-state index contributed by atoms with van der Waals surface area (Å²) in [7, 11) is 0. The van der Waals surface area contributed by atoms with E-state index in [0.29, 0.717) is 0 Å². The lowest BCUT2D eigenvalue weighted by Crippen LogP contribution is -2.49. The van der Waals surface area contributed by atoms with Gasteiger partial charge in [-0.25, -0.2) is 4.98 Å². The van der Waals surface area contributed by atoms with Crippen LogP contribution in [0.1, 0.15) is 19.4 Å². The third-order valence-electron chi connectivity index (χ3n) is 4.43. The number of nitrogens with two attached hydrogens (primary N) is 1. The molecule has 3 N–H and O–H groups in total. The second-order valence-corrected chi connectivity index (χ2v) is 6.54. The first-order valence-electron chi connectivity index (χ1n) is 8.44. The number of nitrogens with one attached hydrogen (secondary N) is 1. The van der Waals surface area contributed by atoms with Crippen LogP contribution in [-0.4, -0.2) is 52.9 Å². The lowest BCUT2D eigenvalue weighted by Gasteiger charge is -2.36. The first-order valence-corrected chi connectivity index (χ1v) is 8.44. The number of piperazine rings is 1. The van der Waals surface area contributed by atoms with Crippen molar-refractivity contribution in [3.63, 3.8) is 0 Å². The van der Waals surface area contributed by atoms with Gasteiger partial charge in [-0.2, -0.15) is 0 Å². The number of hydrogen-bond donors (Lipinski definition) is 2. The Balaban J connectivity index is 1.77. The topological polar surface area (TPSA) is 95.3 Å². The van der Waals surface area contributed by atoms with Crippen LogP contribution in [0.3, 0.4) is 0 Å². The van der Waals surface area contributed by atoms with Crippen molar-refractivity contribution in [2.45, 2.75) is 13.8 Å². The number of aromatic nitrogens is 2. The van der Waals surface area contributed by atoms with Crippen molar-refractivity contribution in [3.05, 3.63) is 30.1 Å². The highest BCUT2D eigenvalue weighted by Crippen LogP contribution is 2.24. The fourth-order valence-electron chi connectivity index (χ4n) is 3.05. The standard InChI is InChI=1S/C18H23N5O2/c1-12(2)18(25)23-7-5-22(6-8-23)14-9-15-13(3-4-16(19)24)10-20-17(15)21-11-14/h3-4,9-12H,5-8H2,1-2H3,(H2,19,24)(H,20,21). The predicted octanol–water partition coefficient (Wildman–Crippen LogP) is 1.37. The van der Waals surface area contributed by atoms with Crippen molar-refractivity contribution in [1.29, 1.82) is 0 Å². The third-order valence-corrected chi connectivity index (χ3v) is 4.43. The maximum absolute atomic E-state index is 12.1. The van der Waals surface area contributed by atoms with Gasteiger partial charge in [-0.05, 0) is 12.1 Å². The summed E-state index contributed by atoms with van der Waals surface area (Å²) in [6.45, 7) is 6.86. The molecule has 0 saturated carbocycles. The van der Waals surface area contributed by atoms with Crippen LogP contribution in [0, 0.1) is 5.92 Å². The molecule has 0 radical (unpaired) electrons. The Kier molecular flexibility index (Phi) is 4.74. The number of primary amides is 1. The Bertz CT molecular complexity index is 816. The number of hydrogen-bond acceptors (Lipinski definition) is 4. The van der Waals surface area contributed by atoms with E-state index in [1.54, 1.807) is 12.3 Å². The molecule has 132 valence electrons. The molecule has 0 bridgehead atoms. The number of carbonyl (C=O) groups is 2. The number of carbonyl (C=O) groups excluding carboxylic acids is 2. The van der Waals surface area contributed by atoms with E-state index in [0.717, 1.165) is 48.5 Å². The van der Waals surface area contributed by atoms with Gasteiger partial charge in [0.05, 0.1) is 11.9 Å². The second-order valence-electron chi connectivity index (χ2n) is 6.54. The zero-order valence-corrected chi connectivity index (χ0v) is 14.5. The first-order chi connectivity index (χ1) is 12.0. The Morgan fingerprint density at radius 1 is 1.28 bits per heavy atom. The van der Waals surface area contributed by atoms with E-state index < -0.39 is 5.91 Å². The summed E-state index contributed by atoms with van der Waals surface area (Å²) in [4.78, 5) is 34.7. The minimum absolute atomic E-state index is 0.0315. The van der Waals surface area contributed by atoms with E-state index in [9.17, 15) is 9.59 Å². The normalized spacial score (nSPS) is 15.5. The van der Waals surface area contributed by atoms with Gasteiger partial charge >= 0.3 is 0 Å². The molecule has 1 aliphatic rings. The SMILES string of the molecule is CC(C)C(=O)N1CCN(c2cnc3[nH]cc(C=CC(N)=O)c3c2)CC1. The highest BCUT2D eigenvalue weighted by Gasteiger charge is 2.23. The third kappa shape index (κ3) is 3.65. The Hall–Kier alpha value is -2.83. The van der Waals surface area contributed by atoms with Crippen molar-refractivity contribution >= 4 is 34.6 Å². The van der Waals surface area contributed by atoms with Gasteiger partial charge in [0.1, 0.15) is 5.65 Å². The van der Waals surface area contributed by atoms with Crippen LogP contribution in [0.5, 0.6) is 0 Å². The van der Waals surface area contributed by atoms with Crippen molar-refractivity contribution in [3.8, 4) is 0 Å². The average Bonchev–Trinajstić information content (AvgIpc) is 3.01. The van der Waals surface area contributed by atoms with Crippen LogP contribution in [0.25, 0.3) is 17.1 Å². The molecule has 7 nitrogen and oxygen atoms in total.